The van der Waals surface area contributed by atoms with Crippen LogP contribution in [-0.4, -0.2) is 20.9 Å². The van der Waals surface area contributed by atoms with Gasteiger partial charge in [0, 0.05) is 22.4 Å². The van der Waals surface area contributed by atoms with Crippen molar-refractivity contribution in [1.82, 2.24) is 14.6 Å². The number of halogens is 1. The quantitative estimate of drug-likeness (QED) is 0.462. The lowest BCUT2D eigenvalue weighted by Gasteiger charge is -2.09. The van der Waals surface area contributed by atoms with Gasteiger partial charge >= 0.3 is 0 Å². The molecule has 0 atom stereocenters. The van der Waals surface area contributed by atoms with E-state index in [4.69, 9.17) is 0 Å². The zero-order chi connectivity index (χ0) is 18.8. The zero-order valence-electron chi connectivity index (χ0n) is 14.5. The molecule has 0 spiro atoms. The van der Waals surface area contributed by atoms with Crippen molar-refractivity contribution in [2.45, 2.75) is 6.92 Å². The summed E-state index contributed by atoms with van der Waals surface area (Å²) < 4.78 is 2.16. The van der Waals surface area contributed by atoms with Crippen LogP contribution >= 0.6 is 15.9 Å². The first kappa shape index (κ1) is 17.3. The van der Waals surface area contributed by atoms with Crippen LogP contribution in [0.4, 0.5) is 0 Å². The molecule has 0 radical (unpaired) electrons. The van der Waals surface area contributed by atoms with Crippen LogP contribution in [0.3, 0.4) is 0 Å². The molecule has 0 aliphatic carbocycles. The van der Waals surface area contributed by atoms with Crippen LogP contribution in [0.25, 0.3) is 22.3 Å². The van der Waals surface area contributed by atoms with Gasteiger partial charge in [-0.2, -0.15) is 9.78 Å². The van der Waals surface area contributed by atoms with E-state index in [-0.39, 0.29) is 5.56 Å². The van der Waals surface area contributed by atoms with Crippen molar-refractivity contribution in [1.29, 1.82) is 0 Å². The van der Waals surface area contributed by atoms with Crippen molar-refractivity contribution in [3.8, 4) is 11.4 Å². The number of hydrogen-bond acceptors (Lipinski definition) is 4. The fourth-order valence-electron chi connectivity index (χ4n) is 2.82. The topological polar surface area (TPSA) is 60.1 Å². The fraction of sp³-hybridized carbons (Fsp3) is 0.0476. The van der Waals surface area contributed by atoms with Crippen molar-refractivity contribution < 1.29 is 0 Å². The third kappa shape index (κ3) is 3.57. The Morgan fingerprint density at radius 2 is 1.89 bits per heavy atom. The first-order chi connectivity index (χ1) is 13.1. The largest absolute Gasteiger partial charge is 0.282 e. The SMILES string of the molecule is Cc1cccc(C=Nn2c(-c3ccncc3)nc3ccc(Br)cc3c2=O)c1. The molecule has 4 rings (SSSR count). The van der Waals surface area contributed by atoms with Gasteiger partial charge in [-0.05, 0) is 42.8 Å². The summed E-state index contributed by atoms with van der Waals surface area (Å²) >= 11 is 3.42. The number of nitrogens with zero attached hydrogens (tertiary/aromatic N) is 4. The van der Waals surface area contributed by atoms with E-state index in [2.05, 4.69) is 31.0 Å². The van der Waals surface area contributed by atoms with E-state index in [1.54, 1.807) is 24.7 Å². The maximum Gasteiger partial charge on any atom is 0.282 e. The van der Waals surface area contributed by atoms with E-state index in [0.29, 0.717) is 16.7 Å². The standard InChI is InChI=1S/C21H15BrN4O/c1-14-3-2-4-15(11-14)13-24-26-20(16-7-9-23-10-8-16)25-19-6-5-17(22)12-18(19)21(26)27/h2-13H,1H3. The summed E-state index contributed by atoms with van der Waals surface area (Å²) in [6.45, 7) is 2.01. The number of aromatic nitrogens is 3. The minimum atomic E-state index is -0.225. The van der Waals surface area contributed by atoms with Gasteiger partial charge in [-0.15, -0.1) is 0 Å². The number of pyridine rings is 1. The van der Waals surface area contributed by atoms with Gasteiger partial charge < -0.3 is 0 Å². The predicted octanol–water partition coefficient (Wildman–Crippen LogP) is 4.41. The molecular weight excluding hydrogens is 404 g/mol. The third-order valence-corrected chi connectivity index (χ3v) is 4.60. The van der Waals surface area contributed by atoms with Crippen molar-refractivity contribution in [2.24, 2.45) is 5.10 Å². The van der Waals surface area contributed by atoms with Crippen LogP contribution in [0.1, 0.15) is 11.1 Å². The molecule has 6 heteroatoms. The van der Waals surface area contributed by atoms with E-state index >= 15 is 0 Å². The predicted molar refractivity (Wildman–Crippen MR) is 111 cm³/mol. The highest BCUT2D eigenvalue weighted by atomic mass is 79.9. The second-order valence-electron chi connectivity index (χ2n) is 6.11. The molecule has 0 amide bonds. The molecule has 0 aliphatic heterocycles. The maximum absolute atomic E-state index is 13.1. The van der Waals surface area contributed by atoms with E-state index in [1.165, 1.54) is 4.68 Å². The van der Waals surface area contributed by atoms with Crippen molar-refractivity contribution >= 4 is 33.0 Å². The summed E-state index contributed by atoms with van der Waals surface area (Å²) in [4.78, 5) is 21.9. The van der Waals surface area contributed by atoms with Crippen molar-refractivity contribution in [2.75, 3.05) is 0 Å². The molecule has 0 fully saturated rings. The molecule has 27 heavy (non-hydrogen) atoms. The minimum Gasteiger partial charge on any atom is -0.267 e. The molecule has 2 heterocycles. The molecule has 2 aromatic heterocycles. The number of hydrogen-bond donors (Lipinski definition) is 0. The minimum absolute atomic E-state index is 0.225. The molecule has 132 valence electrons. The van der Waals surface area contributed by atoms with Gasteiger partial charge in [-0.1, -0.05) is 45.8 Å². The highest BCUT2D eigenvalue weighted by molar-refractivity contribution is 9.10. The highest BCUT2D eigenvalue weighted by Crippen LogP contribution is 2.20. The third-order valence-electron chi connectivity index (χ3n) is 4.11. The second kappa shape index (κ2) is 7.25. The molecule has 0 bridgehead atoms. The van der Waals surface area contributed by atoms with E-state index in [1.807, 2.05) is 55.5 Å². The summed E-state index contributed by atoms with van der Waals surface area (Å²) in [7, 11) is 0. The number of rotatable bonds is 3. The van der Waals surface area contributed by atoms with Crippen LogP contribution in [0.15, 0.2) is 81.4 Å². The van der Waals surface area contributed by atoms with Crippen molar-refractivity contribution in [3.05, 3.63) is 92.9 Å². The summed E-state index contributed by atoms with van der Waals surface area (Å²) in [5.41, 5.74) is 3.21. The average Bonchev–Trinajstić information content (AvgIpc) is 2.68. The fourth-order valence-corrected chi connectivity index (χ4v) is 3.18. The van der Waals surface area contributed by atoms with Crippen LogP contribution in [0.2, 0.25) is 0 Å². The van der Waals surface area contributed by atoms with Gasteiger partial charge in [0.25, 0.3) is 5.56 Å². The highest BCUT2D eigenvalue weighted by Gasteiger charge is 2.12. The Kier molecular flexibility index (Phi) is 4.64. The smallest absolute Gasteiger partial charge is 0.267 e. The Morgan fingerprint density at radius 1 is 1.07 bits per heavy atom. The van der Waals surface area contributed by atoms with Crippen molar-refractivity contribution in [3.63, 3.8) is 0 Å². The average molecular weight is 419 g/mol. The van der Waals surface area contributed by atoms with Crippen LogP contribution in [-0.2, 0) is 0 Å². The maximum atomic E-state index is 13.1. The summed E-state index contributed by atoms with van der Waals surface area (Å²) in [6, 6.07) is 17.0. The van der Waals surface area contributed by atoms with E-state index in [9.17, 15) is 4.79 Å². The van der Waals surface area contributed by atoms with E-state index < -0.39 is 0 Å². The van der Waals surface area contributed by atoms with Gasteiger partial charge in [-0.3, -0.25) is 9.78 Å². The van der Waals surface area contributed by atoms with Gasteiger partial charge in [0.15, 0.2) is 5.82 Å². The molecular formula is C21H15BrN4O. The summed E-state index contributed by atoms with van der Waals surface area (Å²) in [6.07, 6.45) is 5.01. The summed E-state index contributed by atoms with van der Waals surface area (Å²) in [5, 5.41) is 4.96. The summed E-state index contributed by atoms with van der Waals surface area (Å²) in [5.74, 6) is 0.473. The van der Waals surface area contributed by atoms with Crippen LogP contribution in [0, 0.1) is 6.92 Å². The Labute approximate surface area is 164 Å². The van der Waals surface area contributed by atoms with Gasteiger partial charge in [0.1, 0.15) is 0 Å². The lowest BCUT2D eigenvalue weighted by molar-refractivity contribution is 0.829. The molecule has 0 N–H and O–H groups in total. The van der Waals surface area contributed by atoms with Crippen LogP contribution < -0.4 is 5.56 Å². The second-order valence-corrected chi connectivity index (χ2v) is 7.02. The first-order valence-electron chi connectivity index (χ1n) is 8.35. The molecule has 2 aromatic carbocycles. The molecule has 0 saturated carbocycles. The lowest BCUT2D eigenvalue weighted by Crippen LogP contribution is -2.20. The molecule has 0 unspecified atom stereocenters. The van der Waals surface area contributed by atoms with Gasteiger partial charge in [-0.25, -0.2) is 4.98 Å². The first-order valence-corrected chi connectivity index (χ1v) is 9.15. The molecule has 5 nitrogen and oxygen atoms in total. The number of benzene rings is 2. The zero-order valence-corrected chi connectivity index (χ0v) is 16.1. The molecule has 0 aliphatic rings. The molecule has 0 saturated heterocycles. The monoisotopic (exact) mass is 418 g/mol. The lowest BCUT2D eigenvalue weighted by atomic mass is 10.2. The van der Waals surface area contributed by atoms with Crippen LogP contribution in [0.5, 0.6) is 0 Å². The Hall–Kier alpha value is -3.12. The molecule has 4 aromatic rings. The Balaban J connectivity index is 1.96. The van der Waals surface area contributed by atoms with Gasteiger partial charge in [0.2, 0.25) is 0 Å². The Morgan fingerprint density at radius 3 is 2.67 bits per heavy atom. The van der Waals surface area contributed by atoms with E-state index in [0.717, 1.165) is 21.2 Å². The normalized spacial score (nSPS) is 11.3. The number of fused-ring (bicyclic) bond motifs is 1. The number of aryl methyl sites for hydroxylation is 1. The Bertz CT molecular complexity index is 1220. The van der Waals surface area contributed by atoms with Gasteiger partial charge in [0.05, 0.1) is 17.1 Å².